The van der Waals surface area contributed by atoms with E-state index in [1.54, 1.807) is 0 Å². The second-order valence-electron chi connectivity index (χ2n) is 4.62. The van der Waals surface area contributed by atoms with Gasteiger partial charge in [0.1, 0.15) is 0 Å². The molecule has 1 amide bonds. The lowest BCUT2D eigenvalue weighted by Crippen LogP contribution is -2.41. The minimum Gasteiger partial charge on any atom is -0.338 e. The standard InChI is InChI=1S/C12H20N2O/c1-11-4-8-14(9-5-11)12(15)10-13-6-2-3-7-13/h4H,2-3,5-10H2,1H3. The Morgan fingerprint density at radius 3 is 2.67 bits per heavy atom. The summed E-state index contributed by atoms with van der Waals surface area (Å²) in [4.78, 5) is 16.2. The Morgan fingerprint density at radius 2 is 2.07 bits per heavy atom. The molecule has 0 radical (unpaired) electrons. The third kappa shape index (κ3) is 2.81. The molecule has 0 aromatic heterocycles. The fourth-order valence-corrected chi connectivity index (χ4v) is 2.23. The maximum atomic E-state index is 11.9. The molecule has 0 saturated carbocycles. The van der Waals surface area contributed by atoms with Gasteiger partial charge in [0, 0.05) is 13.1 Å². The summed E-state index contributed by atoms with van der Waals surface area (Å²) >= 11 is 0. The quantitative estimate of drug-likeness (QED) is 0.638. The average molecular weight is 208 g/mol. The first-order chi connectivity index (χ1) is 7.25. The molecule has 84 valence electrons. The van der Waals surface area contributed by atoms with Crippen LogP contribution >= 0.6 is 0 Å². The second kappa shape index (κ2) is 4.79. The van der Waals surface area contributed by atoms with Crippen LogP contribution in [0.15, 0.2) is 11.6 Å². The van der Waals surface area contributed by atoms with Crippen molar-refractivity contribution in [3.63, 3.8) is 0 Å². The van der Waals surface area contributed by atoms with Crippen molar-refractivity contribution in [3.05, 3.63) is 11.6 Å². The molecular weight excluding hydrogens is 188 g/mol. The van der Waals surface area contributed by atoms with Crippen LogP contribution in [0.5, 0.6) is 0 Å². The fourth-order valence-electron chi connectivity index (χ4n) is 2.23. The van der Waals surface area contributed by atoms with E-state index in [0.717, 1.165) is 32.6 Å². The summed E-state index contributed by atoms with van der Waals surface area (Å²) in [5.41, 5.74) is 1.42. The lowest BCUT2D eigenvalue weighted by atomic mass is 10.1. The Hall–Kier alpha value is -0.830. The number of carbonyl (C=O) groups excluding carboxylic acids is 1. The first-order valence-corrected chi connectivity index (χ1v) is 5.91. The zero-order valence-corrected chi connectivity index (χ0v) is 9.54. The van der Waals surface area contributed by atoms with Gasteiger partial charge in [-0.3, -0.25) is 9.69 Å². The molecule has 0 unspecified atom stereocenters. The first-order valence-electron chi connectivity index (χ1n) is 5.91. The molecule has 3 nitrogen and oxygen atoms in total. The van der Waals surface area contributed by atoms with Crippen molar-refractivity contribution in [1.29, 1.82) is 0 Å². The van der Waals surface area contributed by atoms with Crippen molar-refractivity contribution >= 4 is 5.91 Å². The van der Waals surface area contributed by atoms with Crippen LogP contribution in [0.3, 0.4) is 0 Å². The maximum Gasteiger partial charge on any atom is 0.237 e. The minimum absolute atomic E-state index is 0.306. The highest BCUT2D eigenvalue weighted by Gasteiger charge is 2.20. The predicted octanol–water partition coefficient (Wildman–Crippen LogP) is 1.26. The molecule has 1 saturated heterocycles. The van der Waals surface area contributed by atoms with Crippen LogP contribution in [0.2, 0.25) is 0 Å². The molecule has 2 heterocycles. The SMILES string of the molecule is CC1=CCN(C(=O)CN2CCCC2)CC1. The van der Waals surface area contributed by atoms with Crippen LogP contribution in [0.1, 0.15) is 26.2 Å². The van der Waals surface area contributed by atoms with Gasteiger partial charge < -0.3 is 4.90 Å². The first kappa shape index (κ1) is 10.7. The highest BCUT2D eigenvalue weighted by atomic mass is 16.2. The van der Waals surface area contributed by atoms with Gasteiger partial charge in [-0.1, -0.05) is 11.6 Å². The van der Waals surface area contributed by atoms with Gasteiger partial charge in [0.05, 0.1) is 6.54 Å². The fraction of sp³-hybridized carbons (Fsp3) is 0.750. The Morgan fingerprint density at radius 1 is 1.33 bits per heavy atom. The molecule has 0 aliphatic carbocycles. The van der Waals surface area contributed by atoms with Gasteiger partial charge >= 0.3 is 0 Å². The Balaban J connectivity index is 1.80. The minimum atomic E-state index is 0.306. The number of nitrogens with zero attached hydrogens (tertiary/aromatic N) is 2. The van der Waals surface area contributed by atoms with E-state index in [1.807, 2.05) is 4.90 Å². The van der Waals surface area contributed by atoms with Gasteiger partial charge in [0.2, 0.25) is 5.91 Å². The van der Waals surface area contributed by atoms with E-state index in [0.29, 0.717) is 12.5 Å². The van der Waals surface area contributed by atoms with E-state index in [4.69, 9.17) is 0 Å². The summed E-state index contributed by atoms with van der Waals surface area (Å²) in [6, 6.07) is 0. The van der Waals surface area contributed by atoms with Crippen molar-refractivity contribution < 1.29 is 4.79 Å². The van der Waals surface area contributed by atoms with E-state index in [1.165, 1.54) is 18.4 Å². The number of carbonyl (C=O) groups is 1. The average Bonchev–Trinajstić information content (AvgIpc) is 2.71. The van der Waals surface area contributed by atoms with Crippen LogP contribution in [-0.2, 0) is 4.79 Å². The Labute approximate surface area is 91.7 Å². The van der Waals surface area contributed by atoms with Gasteiger partial charge in [-0.25, -0.2) is 0 Å². The number of hydrogen-bond donors (Lipinski definition) is 0. The van der Waals surface area contributed by atoms with E-state index >= 15 is 0 Å². The van der Waals surface area contributed by atoms with Crippen molar-refractivity contribution in [2.45, 2.75) is 26.2 Å². The topological polar surface area (TPSA) is 23.6 Å². The molecular formula is C12H20N2O. The third-order valence-electron chi connectivity index (χ3n) is 3.35. The normalized spacial score (nSPS) is 23.0. The van der Waals surface area contributed by atoms with Crippen LogP contribution < -0.4 is 0 Å². The summed E-state index contributed by atoms with van der Waals surface area (Å²) < 4.78 is 0. The van der Waals surface area contributed by atoms with Crippen molar-refractivity contribution in [2.75, 3.05) is 32.7 Å². The van der Waals surface area contributed by atoms with Gasteiger partial charge in [-0.05, 0) is 39.3 Å². The smallest absolute Gasteiger partial charge is 0.237 e. The van der Waals surface area contributed by atoms with Crippen molar-refractivity contribution in [2.24, 2.45) is 0 Å². The van der Waals surface area contributed by atoms with Crippen molar-refractivity contribution in [1.82, 2.24) is 9.80 Å². The molecule has 0 bridgehead atoms. The molecule has 0 atom stereocenters. The van der Waals surface area contributed by atoms with E-state index in [9.17, 15) is 4.79 Å². The molecule has 2 aliphatic heterocycles. The molecule has 2 aliphatic rings. The largest absolute Gasteiger partial charge is 0.338 e. The number of rotatable bonds is 2. The van der Waals surface area contributed by atoms with E-state index < -0.39 is 0 Å². The van der Waals surface area contributed by atoms with Gasteiger partial charge in [-0.15, -0.1) is 0 Å². The maximum absolute atomic E-state index is 11.9. The highest BCUT2D eigenvalue weighted by Crippen LogP contribution is 2.11. The summed E-state index contributed by atoms with van der Waals surface area (Å²) in [6.45, 7) is 6.71. The summed E-state index contributed by atoms with van der Waals surface area (Å²) in [5.74, 6) is 0.306. The lowest BCUT2D eigenvalue weighted by Gasteiger charge is -2.27. The molecule has 0 spiro atoms. The van der Waals surface area contributed by atoms with Gasteiger partial charge in [-0.2, -0.15) is 0 Å². The summed E-state index contributed by atoms with van der Waals surface area (Å²) in [7, 11) is 0. The monoisotopic (exact) mass is 208 g/mol. The van der Waals surface area contributed by atoms with Crippen LogP contribution in [0, 0.1) is 0 Å². The van der Waals surface area contributed by atoms with Gasteiger partial charge in [0.25, 0.3) is 0 Å². The molecule has 15 heavy (non-hydrogen) atoms. The predicted molar refractivity (Wildman–Crippen MR) is 60.6 cm³/mol. The van der Waals surface area contributed by atoms with Crippen LogP contribution in [0.4, 0.5) is 0 Å². The summed E-state index contributed by atoms with van der Waals surface area (Å²) in [6.07, 6.45) is 5.73. The molecule has 1 fully saturated rings. The molecule has 3 heteroatoms. The molecule has 2 rings (SSSR count). The van der Waals surface area contributed by atoms with E-state index in [2.05, 4.69) is 17.9 Å². The summed E-state index contributed by atoms with van der Waals surface area (Å²) in [5, 5.41) is 0. The van der Waals surface area contributed by atoms with E-state index in [-0.39, 0.29) is 0 Å². The zero-order chi connectivity index (χ0) is 10.7. The molecule has 0 N–H and O–H groups in total. The lowest BCUT2D eigenvalue weighted by molar-refractivity contribution is -0.131. The van der Waals surface area contributed by atoms with Crippen LogP contribution in [0.25, 0.3) is 0 Å². The highest BCUT2D eigenvalue weighted by molar-refractivity contribution is 5.78. The molecule has 0 aromatic carbocycles. The number of likely N-dealkylation sites (tertiary alicyclic amines) is 1. The van der Waals surface area contributed by atoms with Crippen LogP contribution in [-0.4, -0.2) is 48.4 Å². The van der Waals surface area contributed by atoms with Gasteiger partial charge in [0.15, 0.2) is 0 Å². The van der Waals surface area contributed by atoms with Crippen molar-refractivity contribution in [3.8, 4) is 0 Å². The second-order valence-corrected chi connectivity index (χ2v) is 4.62. The zero-order valence-electron chi connectivity index (χ0n) is 9.54. The number of hydrogen-bond acceptors (Lipinski definition) is 2. The Kier molecular flexibility index (Phi) is 3.41. The third-order valence-corrected chi connectivity index (χ3v) is 3.35. The number of amides is 1. The Bertz CT molecular complexity index is 267. The molecule has 0 aromatic rings.